The number of benzene rings is 1. The molecule has 2 aliphatic heterocycles. The lowest BCUT2D eigenvalue weighted by Crippen LogP contribution is -2.51. The quantitative estimate of drug-likeness (QED) is 0.744. The van der Waals surface area contributed by atoms with E-state index in [1.165, 1.54) is 24.8 Å². The Labute approximate surface area is 156 Å². The Hall–Kier alpha value is -1.14. The van der Waals surface area contributed by atoms with Crippen LogP contribution in [0.5, 0.6) is 0 Å². The molecule has 4 rings (SSSR count). The summed E-state index contributed by atoms with van der Waals surface area (Å²) < 4.78 is 0. The Morgan fingerprint density at radius 2 is 1.92 bits per heavy atom. The molecule has 138 valence electrons. The van der Waals surface area contributed by atoms with Crippen LogP contribution in [0.3, 0.4) is 0 Å². The molecule has 0 aromatic heterocycles. The third kappa shape index (κ3) is 4.17. The topological polar surface area (TPSA) is 56.4 Å². The molecule has 6 heteroatoms. The van der Waals surface area contributed by atoms with Crippen LogP contribution in [-0.2, 0) is 11.3 Å². The van der Waals surface area contributed by atoms with Gasteiger partial charge in [-0.1, -0.05) is 36.8 Å². The lowest BCUT2D eigenvalue weighted by atomic mass is 9.84. The van der Waals surface area contributed by atoms with Gasteiger partial charge in [0.25, 0.3) is 0 Å². The van der Waals surface area contributed by atoms with Crippen LogP contribution >= 0.6 is 12.4 Å². The van der Waals surface area contributed by atoms with Crippen molar-refractivity contribution in [1.29, 1.82) is 0 Å². The fraction of sp³-hybridized carbons (Fsp3) is 0.632. The first-order valence-electron chi connectivity index (χ1n) is 9.36. The first-order chi connectivity index (χ1) is 11.8. The second-order valence-electron chi connectivity index (χ2n) is 7.53. The minimum absolute atomic E-state index is 0. The summed E-state index contributed by atoms with van der Waals surface area (Å²) in [6, 6.07) is 10.7. The lowest BCUT2D eigenvalue weighted by molar-refractivity contribution is -0.136. The zero-order valence-corrected chi connectivity index (χ0v) is 15.4. The number of hydrogen-bond acceptors (Lipinski definition) is 4. The molecule has 1 amide bonds. The zero-order chi connectivity index (χ0) is 16.4. The van der Waals surface area contributed by atoms with Crippen molar-refractivity contribution in [1.82, 2.24) is 21.1 Å². The molecule has 3 N–H and O–H groups in total. The fourth-order valence-electron chi connectivity index (χ4n) is 4.18. The van der Waals surface area contributed by atoms with Gasteiger partial charge in [0.05, 0.1) is 0 Å². The maximum Gasteiger partial charge on any atom is 0.241 e. The molecule has 0 bridgehead atoms. The highest BCUT2D eigenvalue weighted by Crippen LogP contribution is 2.29. The van der Waals surface area contributed by atoms with Gasteiger partial charge in [-0.3, -0.25) is 10.2 Å². The molecule has 3 fully saturated rings. The van der Waals surface area contributed by atoms with Crippen molar-refractivity contribution in [3.05, 3.63) is 35.9 Å². The van der Waals surface area contributed by atoms with Gasteiger partial charge in [0.1, 0.15) is 6.04 Å². The van der Waals surface area contributed by atoms with Crippen LogP contribution in [0.4, 0.5) is 0 Å². The van der Waals surface area contributed by atoms with Crippen molar-refractivity contribution in [2.75, 3.05) is 19.6 Å². The van der Waals surface area contributed by atoms with Gasteiger partial charge in [-0.25, -0.2) is 5.43 Å². The van der Waals surface area contributed by atoms with Gasteiger partial charge < -0.3 is 10.2 Å². The lowest BCUT2D eigenvalue weighted by Gasteiger charge is -2.35. The molecular weight excluding hydrogens is 336 g/mol. The summed E-state index contributed by atoms with van der Waals surface area (Å²) in [6.07, 6.45) is 4.93. The van der Waals surface area contributed by atoms with E-state index in [1.807, 2.05) is 6.07 Å². The molecule has 0 radical (unpaired) electrons. The molecule has 1 aromatic carbocycles. The van der Waals surface area contributed by atoms with Crippen molar-refractivity contribution in [2.24, 2.45) is 11.8 Å². The normalized spacial score (nSPS) is 28.6. The summed E-state index contributed by atoms with van der Waals surface area (Å²) in [5.74, 6) is 1.30. The van der Waals surface area contributed by atoms with E-state index >= 15 is 0 Å². The van der Waals surface area contributed by atoms with E-state index in [0.29, 0.717) is 17.9 Å². The maximum atomic E-state index is 13.3. The maximum absolute atomic E-state index is 13.3. The molecule has 3 atom stereocenters. The molecule has 2 saturated heterocycles. The van der Waals surface area contributed by atoms with Crippen molar-refractivity contribution in [3.63, 3.8) is 0 Å². The van der Waals surface area contributed by atoms with E-state index in [9.17, 15) is 4.79 Å². The van der Waals surface area contributed by atoms with Crippen LogP contribution in [0.2, 0.25) is 0 Å². The van der Waals surface area contributed by atoms with Gasteiger partial charge in [0.2, 0.25) is 5.91 Å². The van der Waals surface area contributed by atoms with E-state index in [2.05, 4.69) is 45.3 Å². The summed E-state index contributed by atoms with van der Waals surface area (Å²) in [5.41, 5.74) is 7.86. The predicted molar refractivity (Wildman–Crippen MR) is 101 cm³/mol. The minimum atomic E-state index is -0.105. The highest BCUT2D eigenvalue weighted by Gasteiger charge is 2.43. The fourth-order valence-corrected chi connectivity index (χ4v) is 4.18. The number of halogens is 1. The summed E-state index contributed by atoms with van der Waals surface area (Å²) in [5, 5.41) is 3.44. The second kappa shape index (κ2) is 8.49. The van der Waals surface area contributed by atoms with Gasteiger partial charge in [0.15, 0.2) is 0 Å². The molecule has 5 nitrogen and oxygen atoms in total. The summed E-state index contributed by atoms with van der Waals surface area (Å²) in [7, 11) is 0. The molecule has 1 aliphatic carbocycles. The predicted octanol–water partition coefficient (Wildman–Crippen LogP) is 1.69. The van der Waals surface area contributed by atoms with Crippen LogP contribution in [-0.4, -0.2) is 42.5 Å². The third-order valence-corrected chi connectivity index (χ3v) is 5.88. The number of nitrogens with zero attached hydrogens (tertiary/aromatic N) is 1. The average molecular weight is 365 g/mol. The first kappa shape index (κ1) is 18.6. The van der Waals surface area contributed by atoms with Gasteiger partial charge in [-0.2, -0.15) is 0 Å². The number of hydrazine groups is 1. The number of rotatable bonds is 5. The van der Waals surface area contributed by atoms with Crippen molar-refractivity contribution < 1.29 is 4.79 Å². The summed E-state index contributed by atoms with van der Waals surface area (Å²) >= 11 is 0. The van der Waals surface area contributed by atoms with E-state index in [1.54, 1.807) is 0 Å². The molecule has 0 spiro atoms. The highest BCUT2D eigenvalue weighted by molar-refractivity contribution is 5.85. The average Bonchev–Trinajstić information content (AvgIpc) is 3.01. The van der Waals surface area contributed by atoms with Gasteiger partial charge >= 0.3 is 0 Å². The molecule has 3 unspecified atom stereocenters. The van der Waals surface area contributed by atoms with Gasteiger partial charge in [-0.15, -0.1) is 12.4 Å². The van der Waals surface area contributed by atoms with Crippen LogP contribution in [0, 0.1) is 11.8 Å². The van der Waals surface area contributed by atoms with Crippen molar-refractivity contribution in [3.8, 4) is 0 Å². The van der Waals surface area contributed by atoms with Crippen LogP contribution in [0.1, 0.15) is 31.2 Å². The van der Waals surface area contributed by atoms with Crippen LogP contribution < -0.4 is 16.2 Å². The van der Waals surface area contributed by atoms with E-state index in [0.717, 1.165) is 32.6 Å². The number of hydrogen-bond donors (Lipinski definition) is 3. The number of amides is 1. The van der Waals surface area contributed by atoms with E-state index in [4.69, 9.17) is 0 Å². The zero-order valence-electron chi connectivity index (χ0n) is 14.6. The van der Waals surface area contributed by atoms with E-state index < -0.39 is 0 Å². The molecule has 25 heavy (non-hydrogen) atoms. The third-order valence-electron chi connectivity index (χ3n) is 5.88. The highest BCUT2D eigenvalue weighted by atomic mass is 35.5. The molecule has 1 aromatic rings. The largest absolute Gasteiger partial charge is 0.337 e. The number of carbonyl (C=O) groups is 1. The minimum Gasteiger partial charge on any atom is -0.337 e. The van der Waals surface area contributed by atoms with Crippen molar-refractivity contribution in [2.45, 2.75) is 44.3 Å². The Bertz CT molecular complexity index is 566. The Kier molecular flexibility index (Phi) is 6.34. The monoisotopic (exact) mass is 364 g/mol. The van der Waals surface area contributed by atoms with Crippen LogP contribution in [0.15, 0.2) is 30.3 Å². The first-order valence-corrected chi connectivity index (χ1v) is 9.36. The molecule has 3 aliphatic rings. The summed E-state index contributed by atoms with van der Waals surface area (Å²) in [6.45, 7) is 3.58. The smallest absolute Gasteiger partial charge is 0.241 e. The van der Waals surface area contributed by atoms with Gasteiger partial charge in [-0.05, 0) is 37.3 Å². The van der Waals surface area contributed by atoms with Crippen LogP contribution in [0.25, 0.3) is 0 Å². The number of piperidine rings is 1. The summed E-state index contributed by atoms with van der Waals surface area (Å²) in [4.78, 5) is 15.4. The number of carbonyl (C=O) groups excluding carboxylic acids is 1. The Morgan fingerprint density at radius 1 is 1.12 bits per heavy atom. The Morgan fingerprint density at radius 3 is 2.64 bits per heavy atom. The molecule has 2 heterocycles. The number of nitrogens with one attached hydrogen (secondary N) is 3. The standard InChI is InChI=1S/C19H28N4O.ClH/c24-19(18-16-11-20-10-9-17(16)21-22-18)23(13-15-7-4-8-15)12-14-5-2-1-3-6-14;/h1-3,5-6,15-18,20-22H,4,7-13H2;1H. The van der Waals surface area contributed by atoms with Crippen molar-refractivity contribution >= 4 is 18.3 Å². The second-order valence-corrected chi connectivity index (χ2v) is 7.53. The Balaban J connectivity index is 0.00000182. The van der Waals surface area contributed by atoms with E-state index in [-0.39, 0.29) is 24.4 Å². The number of fused-ring (bicyclic) bond motifs is 1. The molecular formula is C19H29ClN4O. The molecule has 1 saturated carbocycles. The SMILES string of the molecule is Cl.O=C(C1NNC2CCNCC21)N(Cc1ccccc1)CC1CCC1. The van der Waals surface area contributed by atoms with Gasteiger partial charge in [0, 0.05) is 31.6 Å².